The van der Waals surface area contributed by atoms with Gasteiger partial charge in [0.2, 0.25) is 11.8 Å². The highest BCUT2D eigenvalue weighted by Crippen LogP contribution is 2.28. The van der Waals surface area contributed by atoms with E-state index in [4.69, 9.17) is 16.3 Å². The molecule has 0 spiro atoms. The zero-order valence-corrected chi connectivity index (χ0v) is 17.9. The van der Waals surface area contributed by atoms with E-state index >= 15 is 0 Å². The van der Waals surface area contributed by atoms with Gasteiger partial charge in [0, 0.05) is 22.2 Å². The number of ether oxygens (including phenoxy) is 1. The number of halogens is 1. The summed E-state index contributed by atoms with van der Waals surface area (Å²) in [7, 11) is 1.54. The van der Waals surface area contributed by atoms with E-state index in [1.54, 1.807) is 25.3 Å². The highest BCUT2D eigenvalue weighted by molar-refractivity contribution is 8.00. The van der Waals surface area contributed by atoms with Gasteiger partial charge < -0.3 is 15.4 Å². The van der Waals surface area contributed by atoms with Crippen LogP contribution in [-0.2, 0) is 9.59 Å². The first-order chi connectivity index (χ1) is 14.0. The van der Waals surface area contributed by atoms with Gasteiger partial charge in [0.25, 0.3) is 0 Å². The van der Waals surface area contributed by atoms with Crippen molar-refractivity contribution in [3.63, 3.8) is 0 Å². The molecule has 2 aromatic carbocycles. The molecule has 5 nitrogen and oxygen atoms in total. The van der Waals surface area contributed by atoms with Crippen LogP contribution in [0.4, 0.5) is 11.4 Å². The largest absolute Gasteiger partial charge is 0.495 e. The third-order valence-electron chi connectivity index (χ3n) is 4.90. The molecule has 0 heterocycles. The highest BCUT2D eigenvalue weighted by Gasteiger charge is 2.20. The molecule has 3 rings (SSSR count). The Bertz CT molecular complexity index is 852. The van der Waals surface area contributed by atoms with E-state index < -0.39 is 0 Å². The minimum atomic E-state index is -0.120. The first kappa shape index (κ1) is 21.5. The summed E-state index contributed by atoms with van der Waals surface area (Å²) in [6, 6.07) is 12.7. The van der Waals surface area contributed by atoms with Crippen molar-refractivity contribution in [3.05, 3.63) is 47.5 Å². The number of hydrogen-bond acceptors (Lipinski definition) is 4. The number of hydrogen-bond donors (Lipinski definition) is 2. The van der Waals surface area contributed by atoms with Gasteiger partial charge in [-0.25, -0.2) is 0 Å². The monoisotopic (exact) mass is 432 g/mol. The van der Waals surface area contributed by atoms with Crippen LogP contribution in [0.5, 0.6) is 5.75 Å². The number of carbonyl (C=O) groups excluding carboxylic acids is 2. The molecular formula is C22H25ClN2O3S. The molecular weight excluding hydrogens is 408 g/mol. The summed E-state index contributed by atoms with van der Waals surface area (Å²) < 4.78 is 5.10. The number of methoxy groups -OCH3 is 1. The molecule has 1 aliphatic carbocycles. The maximum Gasteiger partial charge on any atom is 0.234 e. The first-order valence-corrected chi connectivity index (χ1v) is 11.1. The van der Waals surface area contributed by atoms with Crippen molar-refractivity contribution in [1.82, 2.24) is 0 Å². The SMILES string of the molecule is COc1ccc(NC(=O)CSc2ccc(NC(=O)C3CCCCC3)cc2)cc1Cl. The molecule has 1 fully saturated rings. The van der Waals surface area contributed by atoms with Crippen molar-refractivity contribution < 1.29 is 14.3 Å². The van der Waals surface area contributed by atoms with Gasteiger partial charge in [-0.2, -0.15) is 0 Å². The second-order valence-corrected chi connectivity index (χ2v) is 8.49. The average molecular weight is 433 g/mol. The highest BCUT2D eigenvalue weighted by atomic mass is 35.5. The Morgan fingerprint density at radius 3 is 2.38 bits per heavy atom. The van der Waals surface area contributed by atoms with Crippen LogP contribution >= 0.6 is 23.4 Å². The summed E-state index contributed by atoms with van der Waals surface area (Å²) in [6.07, 6.45) is 5.47. The van der Waals surface area contributed by atoms with E-state index in [1.807, 2.05) is 24.3 Å². The Labute approximate surface area is 180 Å². The number of anilines is 2. The summed E-state index contributed by atoms with van der Waals surface area (Å²) in [4.78, 5) is 25.5. The van der Waals surface area contributed by atoms with E-state index in [1.165, 1.54) is 18.2 Å². The Balaban J connectivity index is 1.46. The third kappa shape index (κ3) is 6.41. The van der Waals surface area contributed by atoms with Gasteiger partial charge in [-0.1, -0.05) is 30.9 Å². The summed E-state index contributed by atoms with van der Waals surface area (Å²) in [5.41, 5.74) is 1.42. The zero-order valence-electron chi connectivity index (χ0n) is 16.4. The molecule has 0 bridgehead atoms. The maximum atomic E-state index is 12.3. The van der Waals surface area contributed by atoms with Crippen LogP contribution < -0.4 is 15.4 Å². The van der Waals surface area contributed by atoms with E-state index in [2.05, 4.69) is 10.6 Å². The molecule has 1 aliphatic rings. The summed E-state index contributed by atoms with van der Waals surface area (Å²) >= 11 is 7.51. The molecule has 0 radical (unpaired) electrons. The Hall–Kier alpha value is -2.18. The van der Waals surface area contributed by atoms with Crippen molar-refractivity contribution in [2.24, 2.45) is 5.92 Å². The molecule has 2 aromatic rings. The van der Waals surface area contributed by atoms with Crippen LogP contribution in [0.2, 0.25) is 5.02 Å². The predicted octanol–water partition coefficient (Wildman–Crippen LogP) is 5.60. The second kappa shape index (κ2) is 10.6. The van der Waals surface area contributed by atoms with E-state index in [9.17, 15) is 9.59 Å². The summed E-state index contributed by atoms with van der Waals surface area (Å²) in [5, 5.41) is 6.27. The second-order valence-electron chi connectivity index (χ2n) is 7.03. The molecule has 0 aliphatic heterocycles. The van der Waals surface area contributed by atoms with Crippen molar-refractivity contribution in [1.29, 1.82) is 0 Å². The van der Waals surface area contributed by atoms with Gasteiger partial charge in [0.15, 0.2) is 0 Å². The number of rotatable bonds is 7. The maximum absolute atomic E-state index is 12.3. The molecule has 2 N–H and O–H groups in total. The van der Waals surface area contributed by atoms with E-state index in [0.717, 1.165) is 36.3 Å². The molecule has 7 heteroatoms. The quantitative estimate of drug-likeness (QED) is 0.559. The lowest BCUT2D eigenvalue weighted by Gasteiger charge is -2.20. The van der Waals surface area contributed by atoms with Crippen LogP contribution in [-0.4, -0.2) is 24.7 Å². The van der Waals surface area contributed by atoms with Gasteiger partial charge in [-0.05, 0) is 55.3 Å². The average Bonchev–Trinajstić information content (AvgIpc) is 2.74. The van der Waals surface area contributed by atoms with Crippen LogP contribution in [0.3, 0.4) is 0 Å². The fourth-order valence-corrected chi connectivity index (χ4v) is 4.29. The lowest BCUT2D eigenvalue weighted by Crippen LogP contribution is -2.24. The zero-order chi connectivity index (χ0) is 20.6. The van der Waals surface area contributed by atoms with Gasteiger partial charge in [-0.15, -0.1) is 11.8 Å². The van der Waals surface area contributed by atoms with Gasteiger partial charge >= 0.3 is 0 Å². The molecule has 2 amide bonds. The predicted molar refractivity (Wildman–Crippen MR) is 119 cm³/mol. The topological polar surface area (TPSA) is 67.4 Å². The lowest BCUT2D eigenvalue weighted by molar-refractivity contribution is -0.120. The van der Waals surface area contributed by atoms with Crippen molar-refractivity contribution in [3.8, 4) is 5.75 Å². The molecule has 154 valence electrons. The molecule has 0 saturated heterocycles. The molecule has 0 unspecified atom stereocenters. The fraction of sp³-hybridized carbons (Fsp3) is 0.364. The fourth-order valence-electron chi connectivity index (χ4n) is 3.33. The van der Waals surface area contributed by atoms with Crippen molar-refractivity contribution >= 4 is 46.6 Å². The Morgan fingerprint density at radius 2 is 1.72 bits per heavy atom. The van der Waals surface area contributed by atoms with Gasteiger partial charge in [0.05, 0.1) is 17.9 Å². The Kier molecular flexibility index (Phi) is 7.83. The normalized spacial score (nSPS) is 14.3. The first-order valence-electron chi connectivity index (χ1n) is 9.72. The van der Waals surface area contributed by atoms with E-state index in [-0.39, 0.29) is 23.5 Å². The number of thioether (sulfide) groups is 1. The smallest absolute Gasteiger partial charge is 0.234 e. The van der Waals surface area contributed by atoms with Crippen molar-refractivity contribution in [2.75, 3.05) is 23.5 Å². The van der Waals surface area contributed by atoms with Gasteiger partial charge in [0.1, 0.15) is 5.75 Å². The summed E-state index contributed by atoms with van der Waals surface area (Å²) in [5.74, 6) is 0.966. The van der Waals surface area contributed by atoms with E-state index in [0.29, 0.717) is 16.5 Å². The molecule has 0 atom stereocenters. The molecule has 1 saturated carbocycles. The number of nitrogens with one attached hydrogen (secondary N) is 2. The number of amides is 2. The van der Waals surface area contributed by atoms with Gasteiger partial charge in [-0.3, -0.25) is 9.59 Å². The van der Waals surface area contributed by atoms with Crippen LogP contribution in [0.15, 0.2) is 47.4 Å². The summed E-state index contributed by atoms with van der Waals surface area (Å²) in [6.45, 7) is 0. The molecule has 29 heavy (non-hydrogen) atoms. The standard InChI is InChI=1S/C22H25ClN2O3S/c1-28-20-12-9-17(13-19(20)23)24-21(26)14-29-18-10-7-16(8-11-18)25-22(27)15-5-3-2-4-6-15/h7-13,15H,2-6,14H2,1H3,(H,24,26)(H,25,27). The molecule has 0 aromatic heterocycles. The van der Waals surface area contributed by atoms with Crippen LogP contribution in [0.25, 0.3) is 0 Å². The van der Waals surface area contributed by atoms with Crippen LogP contribution in [0.1, 0.15) is 32.1 Å². The number of benzene rings is 2. The Morgan fingerprint density at radius 1 is 1.03 bits per heavy atom. The minimum Gasteiger partial charge on any atom is -0.495 e. The third-order valence-corrected chi connectivity index (χ3v) is 6.21. The van der Waals surface area contributed by atoms with Crippen LogP contribution in [0, 0.1) is 5.92 Å². The minimum absolute atomic E-state index is 0.114. The lowest BCUT2D eigenvalue weighted by atomic mass is 9.88. The van der Waals surface area contributed by atoms with Crippen molar-refractivity contribution in [2.45, 2.75) is 37.0 Å². The number of carbonyl (C=O) groups is 2.